The second-order valence-electron chi connectivity index (χ2n) is 15.7. The predicted octanol–water partition coefficient (Wildman–Crippen LogP) is 10.3. The average molecular weight is 921 g/mol. The number of unbranched alkanes of at least 4 members (excludes halogenated alkanes) is 1. The van der Waals surface area contributed by atoms with E-state index < -0.39 is 22.1 Å². The Morgan fingerprint density at radius 1 is 0.905 bits per heavy atom. The van der Waals surface area contributed by atoms with Gasteiger partial charge in [-0.15, -0.1) is 0 Å². The normalized spacial score (nSPS) is 15.8. The molecule has 0 aliphatic carbocycles. The maximum atomic E-state index is 13.4. The van der Waals surface area contributed by atoms with Crippen LogP contribution in [0.3, 0.4) is 0 Å². The first-order valence-corrected chi connectivity index (χ1v) is 24.6. The van der Waals surface area contributed by atoms with Crippen LogP contribution in [0.1, 0.15) is 59.1 Å². The van der Waals surface area contributed by atoms with E-state index in [0.29, 0.717) is 48.9 Å². The molecule has 0 bridgehead atoms. The number of rotatable bonds is 16. The maximum Gasteiger partial charge on any atom is 0.326 e. The number of nitrogens with one attached hydrogen (secondary N) is 1. The van der Waals surface area contributed by atoms with E-state index >= 15 is 0 Å². The highest BCUT2D eigenvalue weighted by Gasteiger charge is 2.32. The van der Waals surface area contributed by atoms with Crippen molar-refractivity contribution in [1.29, 1.82) is 0 Å². The third-order valence-corrected chi connectivity index (χ3v) is 14.7. The van der Waals surface area contributed by atoms with Gasteiger partial charge in [-0.05, 0) is 95.6 Å². The maximum absolute atomic E-state index is 13.4. The number of fused-ring (bicyclic) bond motifs is 3. The highest BCUT2D eigenvalue weighted by molar-refractivity contribution is 8.03. The largest absolute Gasteiger partial charge is 0.480 e. The van der Waals surface area contributed by atoms with Crippen LogP contribution >= 0.6 is 34.7 Å². The lowest BCUT2D eigenvalue weighted by molar-refractivity contribution is -0.668. The number of thiazole rings is 1. The fraction of sp³-hybridized carbons (Fsp3) is 0.245. The summed E-state index contributed by atoms with van der Waals surface area (Å²) in [5, 5.41) is 15.8. The third-order valence-electron chi connectivity index (χ3n) is 11.4. The molecule has 2 aliphatic heterocycles. The molecule has 1 aromatic heterocycles. The standard InChI is InChI=1S/C49H47ClN4O6S3/c1-2-33(27-47-53(24-11-25-63(58,59)60)41-29-36(18-20-44(41)61-47)34-12-4-3-5-13-34)26-46-52(42-31-39(50)19-21-45(42)62-46)23-9-8-22-51-48(55)37-16-10-17-40(28-37)54-32-38-15-7-6-14-35(38)30-43(54)49(56)57/h3-7,10,12-21,26-29,31,43H,2,8-9,11,22-25,30,32H2,1H3,(H2-,51,55,56,57,58,59,60)/p+1. The molecule has 3 heterocycles. The Morgan fingerprint density at radius 3 is 2.48 bits per heavy atom. The van der Waals surface area contributed by atoms with Crippen molar-refractivity contribution in [3.63, 3.8) is 0 Å². The molecule has 3 N–H and O–H groups in total. The number of aryl methyl sites for hydroxylation is 1. The third kappa shape index (κ3) is 10.5. The first-order chi connectivity index (χ1) is 30.4. The molecule has 0 spiro atoms. The first-order valence-electron chi connectivity index (χ1n) is 21.0. The fourth-order valence-electron chi connectivity index (χ4n) is 8.17. The molecular formula is C49H48ClN4O6S3+. The molecule has 1 unspecified atom stereocenters. The van der Waals surface area contributed by atoms with Gasteiger partial charge in [0.05, 0.1) is 16.5 Å². The first kappa shape index (κ1) is 44.2. The van der Waals surface area contributed by atoms with E-state index in [-0.39, 0.29) is 18.1 Å². The molecule has 6 aromatic rings. The van der Waals surface area contributed by atoms with Crippen LogP contribution in [0.5, 0.6) is 0 Å². The number of nitrogens with zero attached hydrogens (tertiary/aromatic N) is 3. The Kier molecular flexibility index (Phi) is 13.7. The Hall–Kier alpha value is -5.44. The lowest BCUT2D eigenvalue weighted by atomic mass is 9.93. The van der Waals surface area contributed by atoms with Crippen LogP contribution in [0.4, 0.5) is 11.4 Å². The van der Waals surface area contributed by atoms with Crippen molar-refractivity contribution < 1.29 is 32.2 Å². The SMILES string of the molecule is CCC(=Cc1sc2ccc(-c3ccccc3)cc2[n+]1CCCS(=O)(=O)O)C=C1Sc2ccc(Cl)cc2N1CCCCNC(=O)c1cccc(N2Cc3ccccc3CC2C(=O)O)c1. The van der Waals surface area contributed by atoms with Crippen LogP contribution in [-0.2, 0) is 34.4 Å². The molecule has 5 aromatic carbocycles. The number of anilines is 2. The van der Waals surface area contributed by atoms with Crippen LogP contribution in [-0.4, -0.2) is 54.8 Å². The highest BCUT2D eigenvalue weighted by atomic mass is 35.5. The van der Waals surface area contributed by atoms with E-state index in [4.69, 9.17) is 11.6 Å². The number of carboxylic acids is 1. The molecule has 0 radical (unpaired) electrons. The van der Waals surface area contributed by atoms with Gasteiger partial charge in [0.25, 0.3) is 21.0 Å². The van der Waals surface area contributed by atoms with Gasteiger partial charge < -0.3 is 20.2 Å². The van der Waals surface area contributed by atoms with E-state index in [9.17, 15) is 27.7 Å². The summed E-state index contributed by atoms with van der Waals surface area (Å²) in [6.07, 6.45) is 7.32. The van der Waals surface area contributed by atoms with Crippen molar-refractivity contribution in [2.45, 2.75) is 63.1 Å². The van der Waals surface area contributed by atoms with Gasteiger partial charge in [-0.2, -0.15) is 13.0 Å². The number of aromatic nitrogens is 1. The van der Waals surface area contributed by atoms with Gasteiger partial charge in [0.2, 0.25) is 5.52 Å². The Labute approximate surface area is 381 Å². The average Bonchev–Trinajstić information content (AvgIpc) is 3.80. The van der Waals surface area contributed by atoms with Gasteiger partial charge >= 0.3 is 5.97 Å². The summed E-state index contributed by atoms with van der Waals surface area (Å²) in [4.78, 5) is 31.0. The second-order valence-corrected chi connectivity index (χ2v) is 19.8. The summed E-state index contributed by atoms with van der Waals surface area (Å²) >= 11 is 9.88. The molecule has 1 atom stereocenters. The van der Waals surface area contributed by atoms with Gasteiger partial charge in [-0.3, -0.25) is 9.35 Å². The molecule has 0 saturated carbocycles. The molecule has 8 rings (SSSR count). The van der Waals surface area contributed by atoms with Gasteiger partial charge in [0, 0.05) is 65.8 Å². The number of carbonyl (C=O) groups excluding carboxylic acids is 1. The Balaban J connectivity index is 0.974. The van der Waals surface area contributed by atoms with Gasteiger partial charge in [-0.1, -0.05) is 108 Å². The van der Waals surface area contributed by atoms with E-state index in [1.54, 1.807) is 41.3 Å². The number of hydrogen-bond donors (Lipinski definition) is 3. The summed E-state index contributed by atoms with van der Waals surface area (Å²) < 4.78 is 36.2. The number of carbonyl (C=O) groups is 2. The minimum absolute atomic E-state index is 0.207. The van der Waals surface area contributed by atoms with Crippen molar-refractivity contribution in [2.75, 3.05) is 28.6 Å². The number of benzene rings is 5. The topological polar surface area (TPSA) is 131 Å². The molecule has 0 fully saturated rings. The number of halogens is 1. The van der Waals surface area contributed by atoms with Crippen molar-refractivity contribution in [3.8, 4) is 11.1 Å². The predicted molar refractivity (Wildman–Crippen MR) is 255 cm³/mol. The second kappa shape index (κ2) is 19.5. The number of aliphatic carboxylic acids is 1. The van der Waals surface area contributed by atoms with E-state index in [1.807, 2.05) is 71.6 Å². The zero-order valence-electron chi connectivity index (χ0n) is 34.7. The van der Waals surface area contributed by atoms with Gasteiger partial charge in [-0.25, -0.2) is 4.79 Å². The van der Waals surface area contributed by atoms with E-state index in [1.165, 1.54) is 0 Å². The molecule has 0 saturated heterocycles. The van der Waals surface area contributed by atoms with E-state index in [0.717, 1.165) is 77.9 Å². The van der Waals surface area contributed by atoms with Gasteiger partial charge in [0.1, 0.15) is 10.7 Å². The zero-order valence-corrected chi connectivity index (χ0v) is 37.9. The fourth-order valence-corrected chi connectivity index (χ4v) is 11.1. The molecular weight excluding hydrogens is 872 g/mol. The summed E-state index contributed by atoms with van der Waals surface area (Å²) in [5.41, 5.74) is 8.59. The minimum atomic E-state index is -4.11. The molecule has 2 aliphatic rings. The van der Waals surface area contributed by atoms with E-state index in [2.05, 4.69) is 64.2 Å². The summed E-state index contributed by atoms with van der Waals surface area (Å²) in [6, 6.07) is 36.8. The molecule has 324 valence electrons. The van der Waals surface area contributed by atoms with Crippen molar-refractivity contribution in [3.05, 3.63) is 159 Å². The smallest absolute Gasteiger partial charge is 0.326 e. The lowest BCUT2D eigenvalue weighted by Gasteiger charge is -2.36. The monoisotopic (exact) mass is 919 g/mol. The number of thioether (sulfide) groups is 1. The summed E-state index contributed by atoms with van der Waals surface area (Å²) in [7, 11) is -4.11. The molecule has 14 heteroatoms. The molecule has 63 heavy (non-hydrogen) atoms. The van der Waals surface area contributed by atoms with Crippen LogP contribution in [0.2, 0.25) is 5.02 Å². The molecule has 10 nitrogen and oxygen atoms in total. The quantitative estimate of drug-likeness (QED) is 0.0493. The Bertz CT molecular complexity index is 2840. The molecule has 1 amide bonds. The summed E-state index contributed by atoms with van der Waals surface area (Å²) in [6.45, 7) is 4.16. The summed E-state index contributed by atoms with van der Waals surface area (Å²) in [5.74, 6) is -1.42. The van der Waals surface area contributed by atoms with Crippen LogP contribution in [0.15, 0.2) is 137 Å². The van der Waals surface area contributed by atoms with Crippen molar-refractivity contribution in [1.82, 2.24) is 5.32 Å². The van der Waals surface area contributed by atoms with Crippen LogP contribution in [0.25, 0.3) is 27.4 Å². The van der Waals surface area contributed by atoms with Crippen molar-refractivity contribution in [2.24, 2.45) is 0 Å². The lowest BCUT2D eigenvalue weighted by Crippen LogP contribution is -2.45. The highest BCUT2D eigenvalue weighted by Crippen LogP contribution is 2.47. The number of amides is 1. The van der Waals surface area contributed by atoms with Crippen molar-refractivity contribution >= 4 is 84.4 Å². The number of allylic oxidation sites excluding steroid dienone is 2. The Morgan fingerprint density at radius 2 is 1.70 bits per heavy atom. The zero-order chi connectivity index (χ0) is 44.1. The van der Waals surface area contributed by atoms with Gasteiger partial charge in [0.15, 0.2) is 6.54 Å². The van der Waals surface area contributed by atoms with Crippen LogP contribution < -0.4 is 19.7 Å². The number of carboxylic acid groups (broad SMARTS) is 1. The number of hydrogen-bond acceptors (Lipinski definition) is 8. The minimum Gasteiger partial charge on any atom is -0.480 e. The van der Waals surface area contributed by atoms with Crippen LogP contribution in [0, 0.1) is 0 Å².